The molecule has 0 radical (unpaired) electrons. The summed E-state index contributed by atoms with van der Waals surface area (Å²) in [7, 11) is 3.11. The third kappa shape index (κ3) is 6.74. The number of aromatic nitrogens is 3. The van der Waals surface area contributed by atoms with Crippen LogP contribution in [0.1, 0.15) is 32.0 Å². The molecule has 0 bridgehead atoms. The van der Waals surface area contributed by atoms with E-state index in [1.165, 1.54) is 21.7 Å². The number of halogens is 1. The molecule has 0 spiro atoms. The van der Waals surface area contributed by atoms with Gasteiger partial charge in [-0.1, -0.05) is 28.9 Å². The molecule has 0 saturated heterocycles. The molecule has 1 amide bonds. The van der Waals surface area contributed by atoms with Crippen molar-refractivity contribution in [2.75, 3.05) is 25.7 Å². The van der Waals surface area contributed by atoms with Crippen LogP contribution in [-0.2, 0) is 17.9 Å². The number of ketones is 2. The van der Waals surface area contributed by atoms with Crippen molar-refractivity contribution in [2.45, 2.75) is 19.3 Å². The summed E-state index contributed by atoms with van der Waals surface area (Å²) < 4.78 is 17.8. The highest BCUT2D eigenvalue weighted by atomic mass is 35.5. The van der Waals surface area contributed by atoms with Gasteiger partial charge in [-0.05, 0) is 54.6 Å². The SMILES string of the molecule is COc1ccc(/C=C/C(=O)c2cccc(OCc3cn(CC(O)CN4C(=O)C(=O)c5cc(Cl)ccc54)nn3)c2)c(OC)c1. The van der Waals surface area contributed by atoms with Crippen LogP contribution in [0, 0.1) is 0 Å². The Morgan fingerprint density at radius 2 is 1.86 bits per heavy atom. The fourth-order valence-corrected chi connectivity index (χ4v) is 4.72. The van der Waals surface area contributed by atoms with E-state index in [1.54, 1.807) is 81.1 Å². The predicted octanol–water partition coefficient (Wildman–Crippen LogP) is 4.01. The highest BCUT2D eigenvalue weighted by Crippen LogP contribution is 2.31. The number of Topliss-reactive ketones (excluding diaryl/α,β-unsaturated/α-hetero) is 1. The predicted molar refractivity (Wildman–Crippen MR) is 158 cm³/mol. The number of fused-ring (bicyclic) bond motifs is 1. The second kappa shape index (κ2) is 12.9. The highest BCUT2D eigenvalue weighted by Gasteiger charge is 2.36. The van der Waals surface area contributed by atoms with Gasteiger partial charge in [0.05, 0.1) is 50.9 Å². The summed E-state index contributed by atoms with van der Waals surface area (Å²) in [5.41, 5.74) is 2.27. The van der Waals surface area contributed by atoms with Gasteiger partial charge in [0.2, 0.25) is 0 Å². The van der Waals surface area contributed by atoms with Gasteiger partial charge in [-0.3, -0.25) is 14.4 Å². The molecule has 2 heterocycles. The van der Waals surface area contributed by atoms with Gasteiger partial charge < -0.3 is 24.2 Å². The molecule has 1 aromatic heterocycles. The topological polar surface area (TPSA) is 133 Å². The molecular formula is C31H27ClN4O7. The van der Waals surface area contributed by atoms with E-state index in [0.717, 1.165) is 5.56 Å². The van der Waals surface area contributed by atoms with Gasteiger partial charge in [0.1, 0.15) is 29.5 Å². The highest BCUT2D eigenvalue weighted by molar-refractivity contribution is 6.52. The van der Waals surface area contributed by atoms with Crippen LogP contribution in [0.3, 0.4) is 0 Å². The summed E-state index contributed by atoms with van der Waals surface area (Å²) in [5.74, 6) is 0.0927. The molecule has 12 heteroatoms. The molecular weight excluding hydrogens is 576 g/mol. The first-order valence-electron chi connectivity index (χ1n) is 13.2. The fraction of sp³-hybridized carbons (Fsp3) is 0.194. The Bertz CT molecular complexity index is 1720. The van der Waals surface area contributed by atoms with Crippen molar-refractivity contribution in [3.8, 4) is 17.2 Å². The zero-order chi connectivity index (χ0) is 30.5. The quantitative estimate of drug-likeness (QED) is 0.145. The Hall–Kier alpha value is -5.00. The number of hydrogen-bond acceptors (Lipinski definition) is 9. The first kappa shape index (κ1) is 29.5. The first-order chi connectivity index (χ1) is 20.7. The van der Waals surface area contributed by atoms with Crippen LogP contribution in [0.15, 0.2) is 72.9 Å². The second-order valence-corrected chi connectivity index (χ2v) is 10.1. The fourth-order valence-electron chi connectivity index (χ4n) is 4.55. The van der Waals surface area contributed by atoms with Gasteiger partial charge in [-0.2, -0.15) is 0 Å². The molecule has 0 fully saturated rings. The monoisotopic (exact) mass is 602 g/mol. The van der Waals surface area contributed by atoms with Crippen LogP contribution < -0.4 is 19.1 Å². The van der Waals surface area contributed by atoms with Crippen molar-refractivity contribution in [3.63, 3.8) is 0 Å². The number of nitrogens with zero attached hydrogens (tertiary/aromatic N) is 4. The van der Waals surface area contributed by atoms with E-state index in [2.05, 4.69) is 10.3 Å². The first-order valence-corrected chi connectivity index (χ1v) is 13.5. The third-order valence-electron chi connectivity index (χ3n) is 6.67. The van der Waals surface area contributed by atoms with E-state index in [-0.39, 0.29) is 31.0 Å². The summed E-state index contributed by atoms with van der Waals surface area (Å²) in [5, 5.41) is 19.0. The average molecular weight is 603 g/mol. The van der Waals surface area contributed by atoms with Crippen LogP contribution in [0.2, 0.25) is 5.02 Å². The zero-order valence-corrected chi connectivity index (χ0v) is 24.0. The standard InChI is InChI=1S/C31H27ClN4O7/c1-41-24-9-6-19(29(14-24)42-2)7-11-28(38)20-4-3-5-25(12-20)43-18-22-15-35(34-33-22)16-23(37)17-36-27-10-8-21(32)13-26(27)30(39)31(36)40/h3-15,23,37H,16-18H2,1-2H3/b11-7+. The number of carbonyl (C=O) groups is 3. The lowest BCUT2D eigenvalue weighted by atomic mass is 10.1. The van der Waals surface area contributed by atoms with Gasteiger partial charge in [-0.15, -0.1) is 5.10 Å². The van der Waals surface area contributed by atoms with Crippen molar-refractivity contribution >= 4 is 40.8 Å². The Morgan fingerprint density at radius 1 is 1.02 bits per heavy atom. The van der Waals surface area contributed by atoms with Crippen molar-refractivity contribution in [1.82, 2.24) is 15.0 Å². The molecule has 1 unspecified atom stereocenters. The molecule has 3 aromatic carbocycles. The lowest BCUT2D eigenvalue weighted by Crippen LogP contribution is -2.38. The molecule has 43 heavy (non-hydrogen) atoms. The minimum Gasteiger partial charge on any atom is -0.497 e. The molecule has 1 atom stereocenters. The van der Waals surface area contributed by atoms with Crippen molar-refractivity contribution in [3.05, 3.63) is 100 Å². The van der Waals surface area contributed by atoms with E-state index < -0.39 is 17.8 Å². The molecule has 4 aromatic rings. The van der Waals surface area contributed by atoms with Gasteiger partial charge in [0.15, 0.2) is 5.78 Å². The number of carbonyl (C=O) groups excluding carboxylic acids is 3. The number of amides is 1. The smallest absolute Gasteiger partial charge is 0.299 e. The molecule has 0 aliphatic carbocycles. The van der Waals surface area contributed by atoms with Gasteiger partial charge in [0.25, 0.3) is 11.7 Å². The zero-order valence-electron chi connectivity index (χ0n) is 23.3. The Morgan fingerprint density at radius 3 is 2.65 bits per heavy atom. The molecule has 5 rings (SSSR count). The summed E-state index contributed by atoms with van der Waals surface area (Å²) in [4.78, 5) is 38.8. The average Bonchev–Trinajstić information content (AvgIpc) is 3.56. The normalized spacial score (nSPS) is 13.3. The maximum Gasteiger partial charge on any atom is 0.299 e. The maximum absolute atomic E-state index is 12.8. The van der Waals surface area contributed by atoms with Crippen LogP contribution in [0.4, 0.5) is 5.69 Å². The minimum atomic E-state index is -1.03. The molecule has 11 nitrogen and oxygen atoms in total. The van der Waals surface area contributed by atoms with Crippen molar-refractivity contribution in [1.29, 1.82) is 0 Å². The Balaban J connectivity index is 1.16. The minimum absolute atomic E-state index is 0.0309. The number of allylic oxidation sites excluding steroid dienone is 1. The van der Waals surface area contributed by atoms with E-state index >= 15 is 0 Å². The summed E-state index contributed by atoms with van der Waals surface area (Å²) in [6.45, 7) is -0.00547. The van der Waals surface area contributed by atoms with E-state index in [9.17, 15) is 19.5 Å². The van der Waals surface area contributed by atoms with Crippen LogP contribution in [-0.4, -0.2) is 64.4 Å². The number of ether oxygens (including phenoxy) is 3. The van der Waals surface area contributed by atoms with Crippen LogP contribution in [0.25, 0.3) is 6.08 Å². The third-order valence-corrected chi connectivity index (χ3v) is 6.91. The molecule has 1 N–H and O–H groups in total. The number of benzene rings is 3. The van der Waals surface area contributed by atoms with Crippen LogP contribution in [0.5, 0.6) is 17.2 Å². The van der Waals surface area contributed by atoms with Crippen molar-refractivity contribution in [2.24, 2.45) is 0 Å². The maximum atomic E-state index is 12.8. The van der Waals surface area contributed by atoms with E-state index in [0.29, 0.717) is 39.2 Å². The lowest BCUT2D eigenvalue weighted by Gasteiger charge is -2.20. The lowest BCUT2D eigenvalue weighted by molar-refractivity contribution is -0.114. The number of hydrogen-bond donors (Lipinski definition) is 1. The number of methoxy groups -OCH3 is 2. The Labute approximate surface area is 251 Å². The van der Waals surface area contributed by atoms with Gasteiger partial charge in [-0.25, -0.2) is 4.68 Å². The molecule has 0 saturated carbocycles. The van der Waals surface area contributed by atoms with Crippen LogP contribution >= 0.6 is 11.6 Å². The van der Waals surface area contributed by atoms with Gasteiger partial charge in [0, 0.05) is 22.2 Å². The number of aliphatic hydroxyl groups excluding tert-OH is 1. The number of β-amino-alcohol motifs (C(OH)–C–C–N with tert-alkyl or cyclic N) is 1. The second-order valence-electron chi connectivity index (χ2n) is 9.61. The van der Waals surface area contributed by atoms with E-state index in [4.69, 9.17) is 25.8 Å². The molecule has 220 valence electrons. The van der Waals surface area contributed by atoms with Gasteiger partial charge >= 0.3 is 0 Å². The van der Waals surface area contributed by atoms with E-state index in [1.807, 2.05) is 0 Å². The molecule has 1 aliphatic rings. The number of aliphatic hydroxyl groups is 1. The number of rotatable bonds is 12. The summed E-state index contributed by atoms with van der Waals surface area (Å²) >= 11 is 5.95. The summed E-state index contributed by atoms with van der Waals surface area (Å²) in [6, 6.07) is 16.7. The Kier molecular flexibility index (Phi) is 8.84. The molecule has 1 aliphatic heterocycles. The largest absolute Gasteiger partial charge is 0.497 e. The number of anilines is 1. The summed E-state index contributed by atoms with van der Waals surface area (Å²) in [6.07, 6.45) is 3.71. The van der Waals surface area contributed by atoms with Crippen molar-refractivity contribution < 1.29 is 33.7 Å².